The molecule has 2 atom stereocenters. The van der Waals surface area contributed by atoms with Crippen LogP contribution in [0.15, 0.2) is 126 Å². The van der Waals surface area contributed by atoms with Crippen LogP contribution in [0.25, 0.3) is 16.3 Å². The third kappa shape index (κ3) is 8.78. The molecule has 54 heavy (non-hydrogen) atoms. The van der Waals surface area contributed by atoms with Gasteiger partial charge in [0, 0.05) is 35.0 Å². The molecule has 0 fully saturated rings. The number of fused-ring (bicyclic) bond motifs is 1. The highest BCUT2D eigenvalue weighted by molar-refractivity contribution is 6.13. The normalized spacial score (nSPS) is 14.1. The van der Waals surface area contributed by atoms with Crippen molar-refractivity contribution in [3.8, 4) is 17.2 Å². The monoisotopic (exact) mass is 732 g/mol. The van der Waals surface area contributed by atoms with Gasteiger partial charge in [0.1, 0.15) is 5.75 Å². The second-order valence-corrected chi connectivity index (χ2v) is 13.4. The summed E-state index contributed by atoms with van der Waals surface area (Å²) in [5, 5.41) is 71.5. The molecule has 282 valence electrons. The van der Waals surface area contributed by atoms with E-state index in [4.69, 9.17) is 0 Å². The standard InChI is InChI=1S/C44H48N2O8/c1-8-34(48)41(51)38(43(53)45-22-27(5)30-15-11-9-12-16-30)25(3)19-24(2)36(29(7)47)37-26(4)20-32-33(40(37)50)21-35(49)42(52)39(32)44(54)46-23-28(6)31-17-13-10-14-18-31/h8-21,27-28,47-52H,3,22-23H2,1-2,4-7H3,(H,45,53)(H,46,54)/b24-19-,34-8+,36-29-,41-38-/t27-,28+/m1/s1. The molecular formula is C44H48N2O8. The van der Waals surface area contributed by atoms with Gasteiger partial charge in [0.05, 0.1) is 16.9 Å². The average Bonchev–Trinajstić information content (AvgIpc) is 3.15. The Hall–Kier alpha value is -6.42. The fourth-order valence-corrected chi connectivity index (χ4v) is 6.38. The molecule has 0 aliphatic heterocycles. The van der Waals surface area contributed by atoms with Gasteiger partial charge in [-0.05, 0) is 85.6 Å². The van der Waals surface area contributed by atoms with E-state index in [1.165, 1.54) is 26.0 Å². The van der Waals surface area contributed by atoms with Crippen molar-refractivity contribution >= 4 is 28.2 Å². The lowest BCUT2D eigenvalue weighted by Gasteiger charge is -2.20. The van der Waals surface area contributed by atoms with Gasteiger partial charge in [-0.1, -0.05) is 87.2 Å². The lowest BCUT2D eigenvalue weighted by Crippen LogP contribution is -2.30. The first kappa shape index (κ1) is 40.4. The molecule has 0 radical (unpaired) electrons. The van der Waals surface area contributed by atoms with E-state index >= 15 is 0 Å². The summed E-state index contributed by atoms with van der Waals surface area (Å²) < 4.78 is 0. The van der Waals surface area contributed by atoms with Gasteiger partial charge in [-0.2, -0.15) is 0 Å². The predicted octanol–water partition coefficient (Wildman–Crippen LogP) is 8.78. The Balaban J connectivity index is 1.73. The van der Waals surface area contributed by atoms with E-state index in [1.54, 1.807) is 19.9 Å². The van der Waals surface area contributed by atoms with Gasteiger partial charge < -0.3 is 41.3 Å². The maximum absolute atomic E-state index is 13.6. The molecule has 4 aromatic rings. The topological polar surface area (TPSA) is 180 Å². The Morgan fingerprint density at radius 1 is 0.778 bits per heavy atom. The average molecular weight is 733 g/mol. The number of phenolic OH excluding ortho intramolecular Hbond substituents is 3. The molecular weight excluding hydrogens is 684 g/mol. The number of rotatable bonds is 13. The third-order valence-electron chi connectivity index (χ3n) is 9.37. The Bertz CT molecular complexity index is 2190. The summed E-state index contributed by atoms with van der Waals surface area (Å²) in [5.41, 5.74) is 2.43. The number of allylic oxidation sites excluding steroid dienone is 5. The first-order chi connectivity index (χ1) is 25.6. The number of nitrogens with one attached hydrogen (secondary N) is 2. The number of aryl methyl sites for hydroxylation is 1. The lowest BCUT2D eigenvalue weighted by molar-refractivity contribution is -0.117. The summed E-state index contributed by atoms with van der Waals surface area (Å²) >= 11 is 0. The number of phenols is 3. The molecule has 0 saturated heterocycles. The summed E-state index contributed by atoms with van der Waals surface area (Å²) in [5.74, 6) is -4.65. The maximum Gasteiger partial charge on any atom is 0.255 e. The zero-order valence-corrected chi connectivity index (χ0v) is 31.4. The highest BCUT2D eigenvalue weighted by Gasteiger charge is 2.27. The number of aromatic hydroxyl groups is 3. The van der Waals surface area contributed by atoms with E-state index in [1.807, 2.05) is 74.5 Å². The number of hydrogen-bond acceptors (Lipinski definition) is 8. The van der Waals surface area contributed by atoms with Crippen molar-refractivity contribution in [2.75, 3.05) is 13.1 Å². The predicted molar refractivity (Wildman–Crippen MR) is 213 cm³/mol. The van der Waals surface area contributed by atoms with E-state index in [0.717, 1.165) is 17.2 Å². The Kier molecular flexibility index (Phi) is 13.0. The molecule has 0 aliphatic rings. The quantitative estimate of drug-likeness (QED) is 0.0291. The minimum Gasteiger partial charge on any atom is -0.512 e. The number of amides is 2. The summed E-state index contributed by atoms with van der Waals surface area (Å²) in [7, 11) is 0. The third-order valence-corrected chi connectivity index (χ3v) is 9.37. The van der Waals surface area contributed by atoms with Crippen LogP contribution in [0, 0.1) is 6.92 Å². The lowest BCUT2D eigenvalue weighted by atomic mass is 9.87. The molecule has 8 N–H and O–H groups in total. The number of aliphatic hydroxyl groups excluding tert-OH is 3. The molecule has 0 aromatic heterocycles. The van der Waals surface area contributed by atoms with Gasteiger partial charge >= 0.3 is 0 Å². The van der Waals surface area contributed by atoms with Gasteiger partial charge in [-0.25, -0.2) is 0 Å². The summed E-state index contributed by atoms with van der Waals surface area (Å²) in [4.78, 5) is 27.1. The molecule has 4 aromatic carbocycles. The highest BCUT2D eigenvalue weighted by atomic mass is 16.3. The van der Waals surface area contributed by atoms with Crippen LogP contribution in [-0.2, 0) is 4.79 Å². The largest absolute Gasteiger partial charge is 0.512 e. The molecule has 0 aliphatic carbocycles. The number of carbonyl (C=O) groups excluding carboxylic acids is 2. The van der Waals surface area contributed by atoms with Crippen molar-refractivity contribution in [2.45, 2.75) is 53.4 Å². The Morgan fingerprint density at radius 2 is 1.31 bits per heavy atom. The maximum atomic E-state index is 13.6. The SMILES string of the molecule is C=C(/C=C(C)\C(=C(/C)O)c1c(C)cc2c(C(=O)NC[C@H](C)c3ccccc3)c(O)c(O)cc2c1O)/C(C(=O)NC[C@@H](C)c1ccccc1)=C(O)\C(O)=C/C. The van der Waals surface area contributed by atoms with Crippen LogP contribution in [-0.4, -0.2) is 55.5 Å². The van der Waals surface area contributed by atoms with Gasteiger partial charge in [0.15, 0.2) is 23.0 Å². The van der Waals surface area contributed by atoms with Crippen molar-refractivity contribution in [3.63, 3.8) is 0 Å². The second kappa shape index (κ2) is 17.4. The zero-order chi connectivity index (χ0) is 39.9. The van der Waals surface area contributed by atoms with Crippen LogP contribution in [0.4, 0.5) is 0 Å². The van der Waals surface area contributed by atoms with Crippen molar-refractivity contribution in [3.05, 3.63) is 153 Å². The smallest absolute Gasteiger partial charge is 0.255 e. The van der Waals surface area contributed by atoms with Gasteiger partial charge in [-0.15, -0.1) is 0 Å². The van der Waals surface area contributed by atoms with Gasteiger partial charge in [0.2, 0.25) is 0 Å². The summed E-state index contributed by atoms with van der Waals surface area (Å²) in [6, 6.07) is 21.8. The summed E-state index contributed by atoms with van der Waals surface area (Å²) in [6.07, 6.45) is 2.65. The van der Waals surface area contributed by atoms with Crippen molar-refractivity contribution < 1.29 is 40.2 Å². The molecule has 4 rings (SSSR count). The summed E-state index contributed by atoms with van der Waals surface area (Å²) in [6.45, 7) is 14.5. The molecule has 0 saturated carbocycles. The minimum atomic E-state index is -0.702. The van der Waals surface area contributed by atoms with Crippen molar-refractivity contribution in [1.82, 2.24) is 10.6 Å². The minimum absolute atomic E-state index is 0.00815. The van der Waals surface area contributed by atoms with E-state index in [2.05, 4.69) is 17.2 Å². The molecule has 10 heteroatoms. The molecule has 0 spiro atoms. The number of aliphatic hydroxyl groups is 3. The van der Waals surface area contributed by atoms with Crippen LogP contribution >= 0.6 is 0 Å². The highest BCUT2D eigenvalue weighted by Crippen LogP contribution is 2.45. The van der Waals surface area contributed by atoms with Crippen LogP contribution in [0.2, 0.25) is 0 Å². The molecule has 10 nitrogen and oxygen atoms in total. The van der Waals surface area contributed by atoms with E-state index < -0.39 is 40.6 Å². The van der Waals surface area contributed by atoms with E-state index in [9.17, 15) is 40.2 Å². The van der Waals surface area contributed by atoms with Crippen LogP contribution in [0.1, 0.15) is 79.1 Å². The Morgan fingerprint density at radius 3 is 1.83 bits per heavy atom. The number of hydrogen-bond donors (Lipinski definition) is 8. The number of benzene rings is 4. The molecule has 0 heterocycles. The first-order valence-electron chi connectivity index (χ1n) is 17.5. The zero-order valence-electron chi connectivity index (χ0n) is 31.4. The van der Waals surface area contributed by atoms with Crippen molar-refractivity contribution in [2.24, 2.45) is 0 Å². The van der Waals surface area contributed by atoms with Crippen LogP contribution in [0.5, 0.6) is 17.2 Å². The first-order valence-corrected chi connectivity index (χ1v) is 17.5. The number of carbonyl (C=O) groups is 2. The van der Waals surface area contributed by atoms with Gasteiger partial charge in [-0.3, -0.25) is 9.59 Å². The second-order valence-electron chi connectivity index (χ2n) is 13.4. The fourth-order valence-electron chi connectivity index (χ4n) is 6.38. The van der Waals surface area contributed by atoms with Gasteiger partial charge in [0.25, 0.3) is 11.8 Å². The van der Waals surface area contributed by atoms with Crippen molar-refractivity contribution in [1.29, 1.82) is 0 Å². The van der Waals surface area contributed by atoms with Crippen LogP contribution in [0.3, 0.4) is 0 Å². The fraction of sp³-hybridized carbons (Fsp3) is 0.227. The molecule has 0 bridgehead atoms. The molecule has 2 amide bonds. The Labute approximate surface area is 315 Å². The van der Waals surface area contributed by atoms with Crippen LogP contribution < -0.4 is 10.6 Å². The van der Waals surface area contributed by atoms with E-state index in [-0.39, 0.29) is 69.3 Å². The van der Waals surface area contributed by atoms with E-state index in [0.29, 0.717) is 11.1 Å². The molecule has 0 unspecified atom stereocenters.